The molecule has 0 N–H and O–H groups in total. The molecule has 0 aromatic heterocycles. The summed E-state index contributed by atoms with van der Waals surface area (Å²) in [6, 6.07) is 33.7. The molecule has 1 aliphatic rings. The Labute approximate surface area is 211 Å². The van der Waals surface area contributed by atoms with Crippen molar-refractivity contribution in [2.75, 3.05) is 0 Å². The van der Waals surface area contributed by atoms with Crippen molar-refractivity contribution in [2.24, 2.45) is 0 Å². The van der Waals surface area contributed by atoms with Crippen LogP contribution in [0.4, 0.5) is 0 Å². The molecule has 0 saturated heterocycles. The van der Waals surface area contributed by atoms with Crippen LogP contribution in [0.25, 0.3) is 0 Å². The van der Waals surface area contributed by atoms with Crippen molar-refractivity contribution in [3.63, 3.8) is 0 Å². The second kappa shape index (κ2) is 12.1. The quantitative estimate of drug-likeness (QED) is 0.241. The van der Waals surface area contributed by atoms with Gasteiger partial charge in [0.15, 0.2) is 0 Å². The van der Waals surface area contributed by atoms with Gasteiger partial charge in [-0.15, -0.1) is 0 Å². The molecule has 30 heavy (non-hydrogen) atoms. The monoisotopic (exact) mass is 504 g/mol. The first-order chi connectivity index (χ1) is 13.3. The average Bonchev–Trinajstić information content (AvgIpc) is 3.12. The number of allylic oxidation sites excluding steroid dienone is 4. The molecule has 0 fully saturated rings. The van der Waals surface area contributed by atoms with E-state index in [1.165, 1.54) is 19.4 Å². The van der Waals surface area contributed by atoms with Gasteiger partial charge in [0.1, 0.15) is 0 Å². The summed E-state index contributed by atoms with van der Waals surface area (Å²) in [5.74, 6) is 0. The van der Waals surface area contributed by atoms with E-state index in [9.17, 15) is 0 Å². The molecule has 0 atom stereocenters. The Morgan fingerprint density at radius 1 is 0.667 bits per heavy atom. The molecule has 0 spiro atoms. The van der Waals surface area contributed by atoms with Gasteiger partial charge in [-0.25, -0.2) is 0 Å². The Morgan fingerprint density at radius 2 is 1.03 bits per heavy atom. The standard InChI is InChI=1S/C25H23Si.3ClH.Ti/c1-2-21-13-12-20-25(21)26(22-14-6-3-7-15-22,23-16-8-4-9-17-23)24-18-10-5-11-19-24;;;;/h3-12,14-19H,2,20H2,1H3;3*1H;/q;;;;+3/p-3. The van der Waals surface area contributed by atoms with Crippen LogP contribution in [0.3, 0.4) is 0 Å². The number of hydrogen-bond donors (Lipinski definition) is 0. The van der Waals surface area contributed by atoms with E-state index in [1.54, 1.807) is 10.8 Å². The first-order valence-corrected chi connectivity index (χ1v) is 12.4. The van der Waals surface area contributed by atoms with Crippen LogP contribution in [0.1, 0.15) is 19.8 Å². The van der Waals surface area contributed by atoms with Crippen LogP contribution in [0.15, 0.2) is 112 Å². The molecule has 152 valence electrons. The maximum atomic E-state index is 2.44. The van der Waals surface area contributed by atoms with Gasteiger partial charge in [-0.3, -0.25) is 0 Å². The second-order valence-electron chi connectivity index (χ2n) is 6.98. The summed E-state index contributed by atoms with van der Waals surface area (Å²) < 4.78 is 1.46. The maximum Gasteiger partial charge on any atom is -1.00 e. The summed E-state index contributed by atoms with van der Waals surface area (Å²) in [7, 11) is -2.29. The average molecular weight is 506 g/mol. The van der Waals surface area contributed by atoms with Crippen LogP contribution in [0, 0.1) is 0 Å². The molecule has 3 aromatic carbocycles. The van der Waals surface area contributed by atoms with E-state index >= 15 is 0 Å². The zero-order valence-corrected chi connectivity index (χ0v) is 21.6. The Kier molecular flexibility index (Phi) is 10.9. The SMILES string of the molecule is CCC1=C([Si](c2ccccc2)(c2ccccc2)c2ccccc2)CC=[C]1[Ti+3].[Cl-].[Cl-].[Cl-]. The summed E-state index contributed by atoms with van der Waals surface area (Å²) >= 11 is 2.28. The van der Waals surface area contributed by atoms with Crippen molar-refractivity contribution in [3.8, 4) is 0 Å². The zero-order valence-electron chi connectivity index (χ0n) is 16.8. The molecule has 1 aliphatic carbocycles. The predicted molar refractivity (Wildman–Crippen MR) is 114 cm³/mol. The van der Waals surface area contributed by atoms with E-state index in [4.69, 9.17) is 0 Å². The molecule has 0 radical (unpaired) electrons. The molecule has 0 saturated carbocycles. The second-order valence-corrected chi connectivity index (χ2v) is 11.7. The van der Waals surface area contributed by atoms with E-state index in [0.717, 1.165) is 12.8 Å². The molecular formula is C25H23Cl3SiTi. The van der Waals surface area contributed by atoms with Crippen molar-refractivity contribution in [1.29, 1.82) is 0 Å². The minimum Gasteiger partial charge on any atom is -1.00 e. The summed E-state index contributed by atoms with van der Waals surface area (Å²) in [6.45, 7) is 2.30. The summed E-state index contributed by atoms with van der Waals surface area (Å²) in [5, 5.41) is 6.09. The normalized spacial score (nSPS) is 13.0. The molecule has 0 aliphatic heterocycles. The minimum atomic E-state index is -2.29. The fourth-order valence-electron chi connectivity index (χ4n) is 4.48. The number of rotatable bonds is 5. The summed E-state index contributed by atoms with van der Waals surface area (Å²) in [4.78, 5) is 0. The molecule has 0 amide bonds. The zero-order chi connectivity index (χ0) is 18.7. The Bertz CT molecular complexity index is 890. The van der Waals surface area contributed by atoms with Crippen LogP contribution in [-0.4, -0.2) is 8.07 Å². The van der Waals surface area contributed by atoms with Gasteiger partial charge in [0.25, 0.3) is 0 Å². The molecule has 0 bridgehead atoms. The van der Waals surface area contributed by atoms with Crippen LogP contribution >= 0.6 is 0 Å². The van der Waals surface area contributed by atoms with Crippen molar-refractivity contribution in [1.82, 2.24) is 0 Å². The number of halogens is 3. The third-order valence-corrected chi connectivity index (χ3v) is 11.4. The van der Waals surface area contributed by atoms with E-state index < -0.39 is 8.07 Å². The van der Waals surface area contributed by atoms with Gasteiger partial charge in [0.05, 0.1) is 0 Å². The summed E-state index contributed by atoms with van der Waals surface area (Å²) in [6.07, 6.45) is 4.60. The van der Waals surface area contributed by atoms with Crippen LogP contribution < -0.4 is 52.8 Å². The third kappa shape index (κ3) is 4.73. The largest absolute Gasteiger partial charge is 1.00 e. The van der Waals surface area contributed by atoms with E-state index in [-0.39, 0.29) is 37.2 Å². The molecule has 0 unspecified atom stereocenters. The van der Waals surface area contributed by atoms with Crippen LogP contribution in [0.2, 0.25) is 0 Å². The van der Waals surface area contributed by atoms with E-state index in [1.807, 2.05) is 0 Å². The molecule has 5 heteroatoms. The van der Waals surface area contributed by atoms with Crippen molar-refractivity contribution < 1.29 is 57.7 Å². The predicted octanol–water partition coefficient (Wildman–Crippen LogP) is -4.75. The Balaban J connectivity index is 0.00000150. The third-order valence-electron chi connectivity index (χ3n) is 5.63. The maximum absolute atomic E-state index is 2.44. The van der Waals surface area contributed by atoms with Gasteiger partial charge in [0.2, 0.25) is 0 Å². The van der Waals surface area contributed by atoms with E-state index in [2.05, 4.69) is 124 Å². The minimum absolute atomic E-state index is 0. The van der Waals surface area contributed by atoms with Crippen LogP contribution in [-0.2, 0) is 20.4 Å². The van der Waals surface area contributed by atoms with Crippen molar-refractivity contribution in [2.45, 2.75) is 19.8 Å². The van der Waals surface area contributed by atoms with Crippen molar-refractivity contribution in [3.05, 3.63) is 112 Å². The van der Waals surface area contributed by atoms with Gasteiger partial charge < -0.3 is 37.2 Å². The first-order valence-electron chi connectivity index (χ1n) is 9.59. The Morgan fingerprint density at radius 3 is 1.37 bits per heavy atom. The molecule has 0 heterocycles. The molecule has 0 nitrogen and oxygen atoms in total. The number of benzene rings is 3. The van der Waals surface area contributed by atoms with Crippen LogP contribution in [0.5, 0.6) is 0 Å². The molecular weight excluding hydrogens is 483 g/mol. The smallest absolute Gasteiger partial charge is 1.00 e. The topological polar surface area (TPSA) is 0 Å². The van der Waals surface area contributed by atoms with Gasteiger partial charge in [-0.05, 0) is 0 Å². The Hall–Kier alpha value is -1.06. The fraction of sp³-hybridized carbons (Fsp3) is 0.120. The van der Waals surface area contributed by atoms with Crippen molar-refractivity contribution >= 4 is 23.6 Å². The molecule has 4 rings (SSSR count). The van der Waals surface area contributed by atoms with Gasteiger partial charge in [-0.2, -0.15) is 0 Å². The summed E-state index contributed by atoms with van der Waals surface area (Å²) in [5.41, 5.74) is 1.57. The van der Waals surface area contributed by atoms with Gasteiger partial charge in [-0.1, -0.05) is 0 Å². The molecule has 3 aromatic rings. The van der Waals surface area contributed by atoms with Gasteiger partial charge in [0, 0.05) is 0 Å². The van der Waals surface area contributed by atoms with E-state index in [0.29, 0.717) is 0 Å². The first kappa shape index (κ1) is 27.0. The van der Waals surface area contributed by atoms with Gasteiger partial charge >= 0.3 is 176 Å². The fourth-order valence-corrected chi connectivity index (χ4v) is 10.6. The number of hydrogen-bond acceptors (Lipinski definition) is 0.